The van der Waals surface area contributed by atoms with Gasteiger partial charge in [0, 0.05) is 19.6 Å². The molecule has 1 unspecified atom stereocenters. The summed E-state index contributed by atoms with van der Waals surface area (Å²) in [6, 6.07) is 0.441. The number of aromatic nitrogens is 2. The number of nitrogens with one attached hydrogen (secondary N) is 1. The number of hydrogen-bond acceptors (Lipinski definition) is 5. The maximum absolute atomic E-state index is 10.8. The largest absolute Gasteiger partial charge is 0.361 e. The van der Waals surface area contributed by atoms with Crippen molar-refractivity contribution in [3.05, 3.63) is 16.3 Å². The van der Waals surface area contributed by atoms with Crippen LogP contribution in [-0.4, -0.2) is 45.8 Å². The summed E-state index contributed by atoms with van der Waals surface area (Å²) in [7, 11) is 3.76. The third-order valence-electron chi connectivity index (χ3n) is 3.18. The molecule has 0 saturated carbocycles. The fraction of sp³-hybridized carbons (Fsp3) is 0.700. The molecule has 0 radical (unpaired) electrons. The Bertz CT molecular complexity index is 417. The number of nitrogens with zero attached hydrogens (tertiary/aromatic N) is 4. The molecule has 7 nitrogen and oxygen atoms in total. The van der Waals surface area contributed by atoms with Gasteiger partial charge in [0.2, 0.25) is 5.82 Å². The smallest absolute Gasteiger partial charge is 0.330 e. The lowest BCUT2D eigenvalue weighted by molar-refractivity contribution is -0.384. The van der Waals surface area contributed by atoms with Crippen molar-refractivity contribution in [3.63, 3.8) is 0 Å². The van der Waals surface area contributed by atoms with Crippen molar-refractivity contribution in [2.45, 2.75) is 18.9 Å². The molecule has 0 aromatic carbocycles. The van der Waals surface area contributed by atoms with E-state index in [4.69, 9.17) is 0 Å². The van der Waals surface area contributed by atoms with E-state index in [-0.39, 0.29) is 5.69 Å². The van der Waals surface area contributed by atoms with Crippen LogP contribution in [0, 0.1) is 10.1 Å². The molecular formula is C10H17N5O2. The van der Waals surface area contributed by atoms with Crippen LogP contribution in [0.25, 0.3) is 0 Å². The lowest BCUT2D eigenvalue weighted by Crippen LogP contribution is -2.31. The third kappa shape index (κ3) is 2.55. The van der Waals surface area contributed by atoms with E-state index in [2.05, 4.69) is 22.4 Å². The second-order valence-electron chi connectivity index (χ2n) is 4.45. The Labute approximate surface area is 99.6 Å². The van der Waals surface area contributed by atoms with Crippen LogP contribution in [0.4, 0.5) is 11.5 Å². The zero-order valence-electron chi connectivity index (χ0n) is 10.1. The monoisotopic (exact) mass is 239 g/mol. The van der Waals surface area contributed by atoms with E-state index in [0.717, 1.165) is 13.0 Å². The van der Waals surface area contributed by atoms with Crippen molar-refractivity contribution in [1.29, 1.82) is 0 Å². The van der Waals surface area contributed by atoms with Crippen LogP contribution in [0.5, 0.6) is 0 Å². The number of likely N-dealkylation sites (tertiary alicyclic amines) is 1. The number of rotatable bonds is 4. The van der Waals surface area contributed by atoms with Crippen molar-refractivity contribution < 1.29 is 4.92 Å². The SMILES string of the molecule is CN1CCCC1CNc1nn(C)cc1[N+](=O)[O-]. The number of aryl methyl sites for hydroxylation is 1. The molecule has 1 atom stereocenters. The van der Waals surface area contributed by atoms with E-state index in [1.54, 1.807) is 7.05 Å². The molecule has 0 aliphatic carbocycles. The minimum Gasteiger partial charge on any atom is -0.361 e. The van der Waals surface area contributed by atoms with Crippen LogP contribution < -0.4 is 5.32 Å². The molecule has 1 aromatic rings. The molecule has 1 N–H and O–H groups in total. The first-order valence-electron chi connectivity index (χ1n) is 5.70. The highest BCUT2D eigenvalue weighted by atomic mass is 16.6. The van der Waals surface area contributed by atoms with Crippen molar-refractivity contribution in [1.82, 2.24) is 14.7 Å². The average Bonchev–Trinajstić information content (AvgIpc) is 2.82. The molecule has 0 amide bonds. The predicted molar refractivity (Wildman–Crippen MR) is 64.0 cm³/mol. The first-order chi connectivity index (χ1) is 8.08. The van der Waals surface area contributed by atoms with Crippen molar-refractivity contribution in [2.75, 3.05) is 25.5 Å². The highest BCUT2D eigenvalue weighted by Gasteiger charge is 2.23. The van der Waals surface area contributed by atoms with E-state index >= 15 is 0 Å². The zero-order chi connectivity index (χ0) is 12.4. The van der Waals surface area contributed by atoms with Crippen LogP contribution in [0.15, 0.2) is 6.20 Å². The first-order valence-corrected chi connectivity index (χ1v) is 5.70. The normalized spacial score (nSPS) is 20.7. The molecule has 1 fully saturated rings. The Morgan fingerprint density at radius 1 is 1.65 bits per heavy atom. The predicted octanol–water partition coefficient (Wildman–Crippen LogP) is 0.834. The summed E-state index contributed by atoms with van der Waals surface area (Å²) in [4.78, 5) is 12.7. The Hall–Kier alpha value is -1.63. The summed E-state index contributed by atoms with van der Waals surface area (Å²) in [6.07, 6.45) is 3.73. The Kier molecular flexibility index (Phi) is 3.28. The van der Waals surface area contributed by atoms with E-state index in [1.165, 1.54) is 17.3 Å². The molecule has 1 aliphatic rings. The van der Waals surface area contributed by atoms with Gasteiger partial charge < -0.3 is 10.2 Å². The summed E-state index contributed by atoms with van der Waals surface area (Å²) in [6.45, 7) is 1.80. The molecular weight excluding hydrogens is 222 g/mol. The summed E-state index contributed by atoms with van der Waals surface area (Å²) in [5.41, 5.74) is 0.0353. The molecule has 17 heavy (non-hydrogen) atoms. The van der Waals surface area contributed by atoms with Gasteiger partial charge in [-0.1, -0.05) is 0 Å². The molecule has 94 valence electrons. The average molecular weight is 239 g/mol. The molecule has 7 heteroatoms. The van der Waals surface area contributed by atoms with Gasteiger partial charge in [0.15, 0.2) is 0 Å². The number of hydrogen-bond donors (Lipinski definition) is 1. The first kappa shape index (κ1) is 11.8. The van der Waals surface area contributed by atoms with E-state index < -0.39 is 4.92 Å². The maximum atomic E-state index is 10.8. The number of anilines is 1. The topological polar surface area (TPSA) is 76.2 Å². The highest BCUT2D eigenvalue weighted by Crippen LogP contribution is 2.22. The lowest BCUT2D eigenvalue weighted by atomic mass is 10.2. The minimum absolute atomic E-state index is 0.0353. The molecule has 1 aliphatic heterocycles. The molecule has 1 saturated heterocycles. The summed E-state index contributed by atoms with van der Waals surface area (Å²) in [5, 5.41) is 17.9. The number of likely N-dealkylation sites (N-methyl/N-ethyl adjacent to an activating group) is 1. The third-order valence-corrected chi connectivity index (χ3v) is 3.18. The molecule has 0 spiro atoms. The van der Waals surface area contributed by atoms with Crippen molar-refractivity contribution in [3.8, 4) is 0 Å². The van der Waals surface area contributed by atoms with Gasteiger partial charge in [0.1, 0.15) is 6.20 Å². The number of nitro groups is 1. The van der Waals surface area contributed by atoms with Crippen LogP contribution in [0.2, 0.25) is 0 Å². The second-order valence-corrected chi connectivity index (χ2v) is 4.45. The molecule has 2 rings (SSSR count). The van der Waals surface area contributed by atoms with Crippen LogP contribution in [0.3, 0.4) is 0 Å². The quantitative estimate of drug-likeness (QED) is 0.622. The highest BCUT2D eigenvalue weighted by molar-refractivity contribution is 5.54. The van der Waals surface area contributed by atoms with Gasteiger partial charge in [0.05, 0.1) is 4.92 Å². The van der Waals surface area contributed by atoms with Gasteiger partial charge in [-0.15, -0.1) is 5.10 Å². The van der Waals surface area contributed by atoms with Crippen LogP contribution in [-0.2, 0) is 7.05 Å². The van der Waals surface area contributed by atoms with E-state index in [1.807, 2.05) is 0 Å². The second kappa shape index (κ2) is 4.70. The van der Waals surface area contributed by atoms with E-state index in [9.17, 15) is 10.1 Å². The summed E-state index contributed by atoms with van der Waals surface area (Å²) < 4.78 is 1.46. The van der Waals surface area contributed by atoms with Gasteiger partial charge in [-0.05, 0) is 26.4 Å². The Morgan fingerprint density at radius 3 is 3.00 bits per heavy atom. The Balaban J connectivity index is 2.01. The summed E-state index contributed by atoms with van der Waals surface area (Å²) in [5.74, 6) is 0.359. The molecule has 0 bridgehead atoms. The van der Waals surface area contributed by atoms with Gasteiger partial charge >= 0.3 is 5.69 Å². The van der Waals surface area contributed by atoms with Gasteiger partial charge in [-0.25, -0.2) is 0 Å². The Morgan fingerprint density at radius 2 is 2.41 bits per heavy atom. The van der Waals surface area contributed by atoms with Crippen LogP contribution >= 0.6 is 0 Å². The van der Waals surface area contributed by atoms with Crippen molar-refractivity contribution >= 4 is 11.5 Å². The fourth-order valence-electron chi connectivity index (χ4n) is 2.19. The minimum atomic E-state index is -0.409. The molecule has 1 aromatic heterocycles. The van der Waals surface area contributed by atoms with Gasteiger partial charge in [-0.2, -0.15) is 0 Å². The maximum Gasteiger partial charge on any atom is 0.330 e. The standard InChI is InChI=1S/C10H17N5O2/c1-13-5-3-4-8(13)6-11-10-9(15(16)17)7-14(2)12-10/h7-8H,3-6H2,1-2H3,(H,11,12). The summed E-state index contributed by atoms with van der Waals surface area (Å²) >= 11 is 0. The van der Waals surface area contributed by atoms with Gasteiger partial charge in [-0.3, -0.25) is 14.8 Å². The van der Waals surface area contributed by atoms with Gasteiger partial charge in [0.25, 0.3) is 0 Å². The zero-order valence-corrected chi connectivity index (χ0v) is 10.1. The molecule has 2 heterocycles. The van der Waals surface area contributed by atoms with Crippen LogP contribution in [0.1, 0.15) is 12.8 Å². The van der Waals surface area contributed by atoms with Crippen molar-refractivity contribution in [2.24, 2.45) is 7.05 Å². The van der Waals surface area contributed by atoms with E-state index in [0.29, 0.717) is 18.4 Å². The lowest BCUT2D eigenvalue weighted by Gasteiger charge is -2.19. The fourth-order valence-corrected chi connectivity index (χ4v) is 2.19.